The number of rotatable bonds is 4. The molecule has 7 heteroatoms. The lowest BCUT2D eigenvalue weighted by Gasteiger charge is -2.19. The molecular weight excluding hydrogens is 309 g/mol. The number of anilines is 2. The predicted octanol–water partition coefficient (Wildman–Crippen LogP) is 3.04. The van der Waals surface area contributed by atoms with Gasteiger partial charge in [0.1, 0.15) is 5.82 Å². The lowest BCUT2D eigenvalue weighted by Crippen LogP contribution is -2.31. The van der Waals surface area contributed by atoms with Gasteiger partial charge in [0.25, 0.3) is 0 Å². The zero-order valence-electron chi connectivity index (χ0n) is 13.9. The van der Waals surface area contributed by atoms with Crippen LogP contribution >= 0.6 is 0 Å². The third-order valence-corrected chi connectivity index (χ3v) is 4.18. The first-order valence-electron chi connectivity index (χ1n) is 8.13. The van der Waals surface area contributed by atoms with Gasteiger partial charge >= 0.3 is 6.03 Å². The van der Waals surface area contributed by atoms with Gasteiger partial charge in [0, 0.05) is 43.3 Å². The van der Waals surface area contributed by atoms with E-state index < -0.39 is 0 Å². The van der Waals surface area contributed by atoms with Crippen LogP contribution in [0.3, 0.4) is 0 Å². The normalized spacial score (nSPS) is 15.4. The average Bonchev–Trinajstić information content (AvgIpc) is 3.17. The van der Waals surface area contributed by atoms with Crippen LogP contribution in [0.5, 0.6) is 0 Å². The molecule has 2 heterocycles. The minimum Gasteiger partial charge on any atom is -0.371 e. The molecule has 1 aromatic carbocycles. The van der Waals surface area contributed by atoms with E-state index >= 15 is 0 Å². The number of carbonyl (C=O) groups is 1. The first kappa shape index (κ1) is 16.3. The topological polar surface area (TPSA) is 62.2 Å². The highest BCUT2D eigenvalue weighted by Gasteiger charge is 2.15. The molecule has 1 aliphatic rings. The van der Waals surface area contributed by atoms with Crippen molar-refractivity contribution in [3.8, 4) is 0 Å². The average molecular weight is 331 g/mol. The Balaban J connectivity index is 1.65. The maximum absolute atomic E-state index is 13.9. The highest BCUT2D eigenvalue weighted by Crippen LogP contribution is 2.25. The number of benzene rings is 1. The molecule has 24 heavy (non-hydrogen) atoms. The Morgan fingerprint density at radius 2 is 2.04 bits per heavy atom. The lowest BCUT2D eigenvalue weighted by atomic mass is 10.2. The Labute approximate surface area is 140 Å². The summed E-state index contributed by atoms with van der Waals surface area (Å²) in [5, 5.41) is 9.62. The van der Waals surface area contributed by atoms with Gasteiger partial charge in [0.2, 0.25) is 0 Å². The minimum absolute atomic E-state index is 0.190. The van der Waals surface area contributed by atoms with Crippen molar-refractivity contribution in [2.24, 2.45) is 7.05 Å². The van der Waals surface area contributed by atoms with Gasteiger partial charge in [-0.2, -0.15) is 5.10 Å². The van der Waals surface area contributed by atoms with Crippen LogP contribution in [0, 0.1) is 5.82 Å². The van der Waals surface area contributed by atoms with E-state index in [4.69, 9.17) is 0 Å². The largest absolute Gasteiger partial charge is 0.371 e. The van der Waals surface area contributed by atoms with E-state index in [1.807, 2.05) is 26.2 Å². The quantitative estimate of drug-likeness (QED) is 0.905. The van der Waals surface area contributed by atoms with Gasteiger partial charge in [-0.3, -0.25) is 4.68 Å². The highest BCUT2D eigenvalue weighted by atomic mass is 19.1. The molecular formula is C17H22FN5O. The molecule has 2 amide bonds. The summed E-state index contributed by atoms with van der Waals surface area (Å²) in [5.74, 6) is -0.352. The predicted molar refractivity (Wildman–Crippen MR) is 91.6 cm³/mol. The number of urea groups is 1. The number of aryl methyl sites for hydroxylation is 1. The maximum Gasteiger partial charge on any atom is 0.319 e. The molecule has 1 aliphatic heterocycles. The maximum atomic E-state index is 13.9. The van der Waals surface area contributed by atoms with Crippen molar-refractivity contribution in [1.29, 1.82) is 0 Å². The van der Waals surface area contributed by atoms with Crippen molar-refractivity contribution in [3.05, 3.63) is 42.0 Å². The fourth-order valence-electron chi connectivity index (χ4n) is 2.92. The number of hydrogen-bond donors (Lipinski definition) is 2. The molecule has 3 rings (SSSR count). The van der Waals surface area contributed by atoms with Gasteiger partial charge in [0.05, 0.1) is 12.2 Å². The summed E-state index contributed by atoms with van der Waals surface area (Å²) in [6.45, 7) is 3.72. The summed E-state index contributed by atoms with van der Waals surface area (Å²) in [5.41, 5.74) is 2.17. The molecule has 0 saturated carbocycles. The molecule has 2 N–H and O–H groups in total. The molecule has 0 spiro atoms. The molecule has 0 unspecified atom stereocenters. The molecule has 1 atom stereocenters. The van der Waals surface area contributed by atoms with Crippen molar-refractivity contribution in [2.75, 3.05) is 23.3 Å². The zero-order chi connectivity index (χ0) is 17.1. The van der Waals surface area contributed by atoms with E-state index in [1.165, 1.54) is 12.1 Å². The van der Waals surface area contributed by atoms with Crippen LogP contribution in [0.25, 0.3) is 0 Å². The third kappa shape index (κ3) is 3.84. The van der Waals surface area contributed by atoms with Gasteiger partial charge in [-0.05, 0) is 38.0 Å². The Morgan fingerprint density at radius 1 is 1.29 bits per heavy atom. The second-order valence-electron chi connectivity index (χ2n) is 6.16. The van der Waals surface area contributed by atoms with E-state index in [-0.39, 0.29) is 17.9 Å². The summed E-state index contributed by atoms with van der Waals surface area (Å²) in [4.78, 5) is 14.3. The Kier molecular flexibility index (Phi) is 4.69. The van der Waals surface area contributed by atoms with Crippen molar-refractivity contribution in [2.45, 2.75) is 25.8 Å². The fraction of sp³-hybridized carbons (Fsp3) is 0.412. The molecule has 6 nitrogen and oxygen atoms in total. The molecule has 128 valence electrons. The Morgan fingerprint density at radius 3 is 2.71 bits per heavy atom. The van der Waals surface area contributed by atoms with Gasteiger partial charge in [-0.25, -0.2) is 9.18 Å². The molecule has 0 bridgehead atoms. The molecule has 1 fully saturated rings. The van der Waals surface area contributed by atoms with Crippen LogP contribution in [-0.4, -0.2) is 28.9 Å². The van der Waals surface area contributed by atoms with Crippen LogP contribution in [0.2, 0.25) is 0 Å². The first-order valence-corrected chi connectivity index (χ1v) is 8.13. The van der Waals surface area contributed by atoms with Gasteiger partial charge in [-0.1, -0.05) is 0 Å². The molecule has 2 aromatic rings. The van der Waals surface area contributed by atoms with Crippen molar-refractivity contribution in [1.82, 2.24) is 15.1 Å². The summed E-state index contributed by atoms with van der Waals surface area (Å²) in [7, 11) is 1.82. The summed E-state index contributed by atoms with van der Waals surface area (Å²) < 4.78 is 15.5. The number of aromatic nitrogens is 2. The number of carbonyl (C=O) groups excluding carboxylic acids is 1. The SMILES string of the molecule is C[C@H](NC(=O)Nc1cc(F)cc(N2CCCC2)c1)c1cnn(C)c1. The molecule has 0 radical (unpaired) electrons. The van der Waals surface area contributed by atoms with Crippen LogP contribution in [-0.2, 0) is 7.05 Å². The van der Waals surface area contributed by atoms with Crippen molar-refractivity contribution in [3.63, 3.8) is 0 Å². The summed E-state index contributed by atoms with van der Waals surface area (Å²) >= 11 is 0. The highest BCUT2D eigenvalue weighted by molar-refractivity contribution is 5.90. The molecule has 0 aliphatic carbocycles. The van der Waals surface area contributed by atoms with Crippen LogP contribution in [0.15, 0.2) is 30.6 Å². The van der Waals surface area contributed by atoms with Crippen molar-refractivity contribution < 1.29 is 9.18 Å². The summed E-state index contributed by atoms with van der Waals surface area (Å²) in [6.07, 6.45) is 5.78. The lowest BCUT2D eigenvalue weighted by molar-refractivity contribution is 0.249. The van der Waals surface area contributed by atoms with E-state index in [1.54, 1.807) is 10.9 Å². The summed E-state index contributed by atoms with van der Waals surface area (Å²) in [6, 6.07) is 4.08. The third-order valence-electron chi connectivity index (χ3n) is 4.18. The number of nitrogens with one attached hydrogen (secondary N) is 2. The van der Waals surface area contributed by atoms with E-state index in [2.05, 4.69) is 20.6 Å². The zero-order valence-corrected chi connectivity index (χ0v) is 13.9. The second-order valence-corrected chi connectivity index (χ2v) is 6.16. The second kappa shape index (κ2) is 6.90. The van der Waals surface area contributed by atoms with Gasteiger partial charge in [-0.15, -0.1) is 0 Å². The van der Waals surface area contributed by atoms with Crippen LogP contribution in [0.4, 0.5) is 20.6 Å². The fourth-order valence-corrected chi connectivity index (χ4v) is 2.92. The van der Waals surface area contributed by atoms with E-state index in [0.717, 1.165) is 37.2 Å². The smallest absolute Gasteiger partial charge is 0.319 e. The minimum atomic E-state index is -0.371. The van der Waals surface area contributed by atoms with Crippen molar-refractivity contribution >= 4 is 17.4 Å². The van der Waals surface area contributed by atoms with Crippen LogP contribution < -0.4 is 15.5 Å². The van der Waals surface area contributed by atoms with E-state index in [9.17, 15) is 9.18 Å². The monoisotopic (exact) mass is 331 g/mol. The van der Waals surface area contributed by atoms with Gasteiger partial charge < -0.3 is 15.5 Å². The first-order chi connectivity index (χ1) is 11.5. The number of nitrogens with zero attached hydrogens (tertiary/aromatic N) is 3. The molecule has 1 aromatic heterocycles. The number of hydrogen-bond acceptors (Lipinski definition) is 3. The Bertz CT molecular complexity index is 724. The number of amides is 2. The Hall–Kier alpha value is -2.57. The standard InChI is InChI=1S/C17H22FN5O/c1-12(13-10-19-22(2)11-13)20-17(24)21-15-7-14(18)8-16(9-15)23-5-3-4-6-23/h7-12H,3-6H2,1-2H3,(H2,20,21,24)/t12-/m0/s1. The molecule has 1 saturated heterocycles. The van der Waals surface area contributed by atoms with Gasteiger partial charge in [0.15, 0.2) is 0 Å². The van der Waals surface area contributed by atoms with E-state index in [0.29, 0.717) is 5.69 Å². The number of halogens is 1. The van der Waals surface area contributed by atoms with Crippen LogP contribution in [0.1, 0.15) is 31.4 Å².